The van der Waals surface area contributed by atoms with Crippen LogP contribution in [0.25, 0.3) is 0 Å². The fourth-order valence-corrected chi connectivity index (χ4v) is 3.53. The van der Waals surface area contributed by atoms with Gasteiger partial charge in [0.05, 0.1) is 19.1 Å². The molecule has 4 heteroatoms. The van der Waals surface area contributed by atoms with Gasteiger partial charge >= 0.3 is 0 Å². The van der Waals surface area contributed by atoms with Gasteiger partial charge in [0.25, 0.3) is 0 Å². The van der Waals surface area contributed by atoms with Gasteiger partial charge in [-0.3, -0.25) is 4.79 Å². The summed E-state index contributed by atoms with van der Waals surface area (Å²) in [5, 5.41) is 6.63. The zero-order valence-electron chi connectivity index (χ0n) is 13.0. The molecule has 1 saturated heterocycles. The molecule has 0 aromatic heterocycles. The Morgan fingerprint density at radius 3 is 2.65 bits per heavy atom. The Kier molecular flexibility index (Phi) is 5.85. The third-order valence-electron chi connectivity index (χ3n) is 5.13. The largest absolute Gasteiger partial charge is 0.379 e. The molecule has 2 atom stereocenters. The number of carbonyl (C=O) groups is 1. The standard InChI is InChI=1S/C16H30N2O2/c1-3-9-17-14-11-20-10-13(14)15(19)18-12-16(4-2)7-5-6-8-16/h13-14,17H,3-12H2,1-2H3,(H,18,19). The first kappa shape index (κ1) is 15.8. The predicted molar refractivity (Wildman–Crippen MR) is 80.6 cm³/mol. The molecule has 2 rings (SSSR count). The van der Waals surface area contributed by atoms with Crippen molar-refractivity contribution in [1.29, 1.82) is 0 Å². The van der Waals surface area contributed by atoms with Crippen molar-refractivity contribution in [1.82, 2.24) is 10.6 Å². The van der Waals surface area contributed by atoms with E-state index >= 15 is 0 Å². The van der Waals surface area contributed by atoms with Gasteiger partial charge in [-0.05, 0) is 37.6 Å². The van der Waals surface area contributed by atoms with E-state index in [4.69, 9.17) is 4.74 Å². The van der Waals surface area contributed by atoms with Gasteiger partial charge in [-0.1, -0.05) is 26.7 Å². The fraction of sp³-hybridized carbons (Fsp3) is 0.938. The van der Waals surface area contributed by atoms with Gasteiger partial charge in [0.1, 0.15) is 0 Å². The van der Waals surface area contributed by atoms with E-state index in [1.807, 2.05) is 0 Å². The first-order valence-electron chi connectivity index (χ1n) is 8.29. The number of ether oxygens (including phenoxy) is 1. The van der Waals surface area contributed by atoms with Crippen LogP contribution in [0.4, 0.5) is 0 Å². The maximum atomic E-state index is 12.4. The predicted octanol–water partition coefficient (Wildman–Crippen LogP) is 2.09. The molecule has 2 N–H and O–H groups in total. The highest BCUT2D eigenvalue weighted by Crippen LogP contribution is 2.40. The second kappa shape index (κ2) is 7.41. The lowest BCUT2D eigenvalue weighted by molar-refractivity contribution is -0.126. The van der Waals surface area contributed by atoms with Crippen molar-refractivity contribution in [3.05, 3.63) is 0 Å². The van der Waals surface area contributed by atoms with Crippen molar-refractivity contribution in [2.75, 3.05) is 26.3 Å². The summed E-state index contributed by atoms with van der Waals surface area (Å²) in [7, 11) is 0. The summed E-state index contributed by atoms with van der Waals surface area (Å²) in [5.41, 5.74) is 0.363. The van der Waals surface area contributed by atoms with Gasteiger partial charge in [-0.15, -0.1) is 0 Å². The molecule has 0 bridgehead atoms. The molecule has 116 valence electrons. The Bertz CT molecular complexity index is 314. The third kappa shape index (κ3) is 3.73. The summed E-state index contributed by atoms with van der Waals surface area (Å²) in [6.07, 6.45) is 7.43. The molecule has 0 radical (unpaired) electrons. The van der Waals surface area contributed by atoms with Gasteiger partial charge in [0.2, 0.25) is 5.91 Å². The van der Waals surface area contributed by atoms with Gasteiger partial charge in [0, 0.05) is 12.6 Å². The maximum absolute atomic E-state index is 12.4. The average molecular weight is 282 g/mol. The Morgan fingerprint density at radius 2 is 2.00 bits per heavy atom. The summed E-state index contributed by atoms with van der Waals surface area (Å²) in [6.45, 7) is 7.42. The summed E-state index contributed by atoms with van der Waals surface area (Å²) in [4.78, 5) is 12.4. The Balaban J connectivity index is 1.81. The van der Waals surface area contributed by atoms with Crippen molar-refractivity contribution in [3.63, 3.8) is 0 Å². The van der Waals surface area contributed by atoms with Crippen LogP contribution in [-0.2, 0) is 9.53 Å². The molecule has 20 heavy (non-hydrogen) atoms. The van der Waals surface area contributed by atoms with E-state index in [0.29, 0.717) is 18.6 Å². The van der Waals surface area contributed by atoms with E-state index < -0.39 is 0 Å². The second-order valence-electron chi connectivity index (χ2n) is 6.48. The minimum absolute atomic E-state index is 0.0168. The topological polar surface area (TPSA) is 50.4 Å². The normalized spacial score (nSPS) is 28.7. The molecule has 0 spiro atoms. The van der Waals surface area contributed by atoms with E-state index in [1.54, 1.807) is 0 Å². The van der Waals surface area contributed by atoms with E-state index in [0.717, 1.165) is 19.5 Å². The minimum Gasteiger partial charge on any atom is -0.379 e. The smallest absolute Gasteiger partial charge is 0.227 e. The summed E-state index contributed by atoms with van der Waals surface area (Å²) in [6, 6.07) is 0.191. The molecule has 2 unspecified atom stereocenters. The van der Waals surface area contributed by atoms with Gasteiger partial charge in [-0.2, -0.15) is 0 Å². The van der Waals surface area contributed by atoms with Crippen molar-refractivity contribution in [2.45, 2.75) is 58.4 Å². The van der Waals surface area contributed by atoms with Crippen LogP contribution < -0.4 is 10.6 Å². The molecule has 1 saturated carbocycles. The Labute approximate surface area is 123 Å². The van der Waals surface area contributed by atoms with Crippen molar-refractivity contribution < 1.29 is 9.53 Å². The maximum Gasteiger partial charge on any atom is 0.227 e. The van der Waals surface area contributed by atoms with Crippen molar-refractivity contribution >= 4 is 5.91 Å². The number of hydrogen-bond acceptors (Lipinski definition) is 3. The minimum atomic E-state index is -0.0168. The number of rotatable bonds is 7. The van der Waals surface area contributed by atoms with Crippen LogP contribution in [0.1, 0.15) is 52.4 Å². The number of carbonyl (C=O) groups excluding carboxylic acids is 1. The highest BCUT2D eigenvalue weighted by atomic mass is 16.5. The average Bonchev–Trinajstić information content (AvgIpc) is 3.12. The Hall–Kier alpha value is -0.610. The summed E-state index contributed by atoms with van der Waals surface area (Å²) < 4.78 is 5.49. The second-order valence-corrected chi connectivity index (χ2v) is 6.48. The van der Waals surface area contributed by atoms with Crippen LogP contribution in [0.2, 0.25) is 0 Å². The van der Waals surface area contributed by atoms with E-state index in [-0.39, 0.29) is 17.9 Å². The van der Waals surface area contributed by atoms with E-state index in [2.05, 4.69) is 24.5 Å². The summed E-state index contributed by atoms with van der Waals surface area (Å²) in [5.74, 6) is 0.160. The van der Waals surface area contributed by atoms with Crippen LogP contribution >= 0.6 is 0 Å². The monoisotopic (exact) mass is 282 g/mol. The Morgan fingerprint density at radius 1 is 1.25 bits per heavy atom. The van der Waals surface area contributed by atoms with Crippen LogP contribution in [0, 0.1) is 11.3 Å². The van der Waals surface area contributed by atoms with Gasteiger partial charge in [-0.25, -0.2) is 0 Å². The zero-order chi connectivity index (χ0) is 14.4. The molecule has 1 heterocycles. The quantitative estimate of drug-likeness (QED) is 0.752. The molecule has 1 amide bonds. The molecule has 2 aliphatic rings. The number of hydrogen-bond donors (Lipinski definition) is 2. The molecule has 4 nitrogen and oxygen atoms in total. The molecule has 0 aromatic carbocycles. The molecule has 0 aromatic rings. The first-order chi connectivity index (χ1) is 9.71. The molecule has 1 aliphatic carbocycles. The third-order valence-corrected chi connectivity index (χ3v) is 5.13. The molecular weight excluding hydrogens is 252 g/mol. The summed E-state index contributed by atoms with van der Waals surface area (Å²) >= 11 is 0. The van der Waals surface area contributed by atoms with Crippen LogP contribution in [0.15, 0.2) is 0 Å². The SMILES string of the molecule is CCCNC1COCC1C(=O)NCC1(CC)CCCC1. The number of amides is 1. The van der Waals surface area contributed by atoms with Crippen LogP contribution in [-0.4, -0.2) is 38.3 Å². The lowest BCUT2D eigenvalue weighted by Gasteiger charge is -2.29. The molecule has 1 aliphatic heterocycles. The lowest BCUT2D eigenvalue weighted by Crippen LogP contribution is -2.46. The number of nitrogens with one attached hydrogen (secondary N) is 2. The van der Waals surface area contributed by atoms with Crippen LogP contribution in [0.3, 0.4) is 0 Å². The fourth-order valence-electron chi connectivity index (χ4n) is 3.53. The van der Waals surface area contributed by atoms with Crippen LogP contribution in [0.5, 0.6) is 0 Å². The van der Waals surface area contributed by atoms with E-state index in [9.17, 15) is 4.79 Å². The highest BCUT2D eigenvalue weighted by molar-refractivity contribution is 5.79. The van der Waals surface area contributed by atoms with Gasteiger partial charge in [0.15, 0.2) is 0 Å². The highest BCUT2D eigenvalue weighted by Gasteiger charge is 2.36. The van der Waals surface area contributed by atoms with Gasteiger partial charge < -0.3 is 15.4 Å². The first-order valence-corrected chi connectivity index (χ1v) is 8.29. The molecule has 2 fully saturated rings. The molecular formula is C16H30N2O2. The lowest BCUT2D eigenvalue weighted by atomic mass is 9.83. The van der Waals surface area contributed by atoms with Crippen molar-refractivity contribution in [2.24, 2.45) is 11.3 Å². The zero-order valence-corrected chi connectivity index (χ0v) is 13.0. The van der Waals surface area contributed by atoms with Crippen molar-refractivity contribution in [3.8, 4) is 0 Å². The van der Waals surface area contributed by atoms with E-state index in [1.165, 1.54) is 32.1 Å².